The molecule has 3 aliphatic heterocycles. The van der Waals surface area contributed by atoms with Crippen LogP contribution in [0, 0.1) is 17.8 Å². The van der Waals surface area contributed by atoms with Crippen LogP contribution >= 0.6 is 0 Å². The molecule has 0 aliphatic carbocycles. The Kier molecular flexibility index (Phi) is 23.6. The van der Waals surface area contributed by atoms with Crippen molar-refractivity contribution in [2.24, 2.45) is 23.5 Å². The van der Waals surface area contributed by atoms with Crippen LogP contribution in [-0.4, -0.2) is 166 Å². The van der Waals surface area contributed by atoms with Gasteiger partial charge in [0.1, 0.15) is 18.1 Å². The fourth-order valence-electron chi connectivity index (χ4n) is 7.97. The largest absolute Gasteiger partial charge is 0.481 e. The van der Waals surface area contributed by atoms with E-state index in [1.807, 2.05) is 19.1 Å². The average Bonchev–Trinajstić information content (AvgIpc) is 3.21. The molecule has 18 nitrogen and oxygen atoms in total. The van der Waals surface area contributed by atoms with Crippen LogP contribution in [0.3, 0.4) is 0 Å². The predicted octanol–water partition coefficient (Wildman–Crippen LogP) is 0.712. The van der Waals surface area contributed by atoms with Crippen LogP contribution < -0.4 is 5.73 Å². The van der Waals surface area contributed by atoms with Gasteiger partial charge in [-0.1, -0.05) is 98.9 Å². The summed E-state index contributed by atoms with van der Waals surface area (Å²) in [4.78, 5) is 25.1. The molecule has 0 aromatic rings. The molecule has 3 aliphatic rings. The number of carboxylic acids is 1. The van der Waals surface area contributed by atoms with E-state index in [9.17, 15) is 65.8 Å². The van der Waals surface area contributed by atoms with E-state index < -0.39 is 147 Å². The van der Waals surface area contributed by atoms with Crippen molar-refractivity contribution >= 4 is 11.9 Å². The molecule has 19 atom stereocenters. The van der Waals surface area contributed by atoms with Crippen molar-refractivity contribution in [3.05, 3.63) is 85.1 Å². The zero-order chi connectivity index (χ0) is 48.4. The summed E-state index contributed by atoms with van der Waals surface area (Å²) >= 11 is 0. The van der Waals surface area contributed by atoms with Gasteiger partial charge >= 0.3 is 11.9 Å². The second-order valence-electron chi connectivity index (χ2n) is 17.6. The Morgan fingerprint density at radius 2 is 1.23 bits per heavy atom. The molecule has 0 aromatic heterocycles. The minimum Gasteiger partial charge on any atom is -0.481 e. The van der Waals surface area contributed by atoms with E-state index in [0.29, 0.717) is 0 Å². The molecule has 0 radical (unpaired) electrons. The number of aliphatic carboxylic acids is 1. The van der Waals surface area contributed by atoms with Gasteiger partial charge in [0.2, 0.25) is 0 Å². The third kappa shape index (κ3) is 18.6. The van der Waals surface area contributed by atoms with Gasteiger partial charge in [-0.15, -0.1) is 0 Å². The molecule has 0 spiro atoms. The van der Waals surface area contributed by atoms with Crippen molar-refractivity contribution in [2.75, 3.05) is 0 Å². The molecule has 17 unspecified atom stereocenters. The number of ether oxygens (including phenoxy) is 4. The zero-order valence-corrected chi connectivity index (χ0v) is 37.6. The zero-order valence-electron chi connectivity index (χ0n) is 37.6. The van der Waals surface area contributed by atoms with E-state index in [1.165, 1.54) is 13.0 Å². The van der Waals surface area contributed by atoms with Crippen molar-refractivity contribution in [3.8, 4) is 0 Å². The van der Waals surface area contributed by atoms with E-state index in [1.54, 1.807) is 80.7 Å². The summed E-state index contributed by atoms with van der Waals surface area (Å²) in [5.41, 5.74) is 6.02. The van der Waals surface area contributed by atoms with Gasteiger partial charge in [-0.25, -0.2) is 0 Å². The predicted molar refractivity (Wildman–Crippen MR) is 237 cm³/mol. The van der Waals surface area contributed by atoms with Gasteiger partial charge in [0, 0.05) is 37.5 Å². The molecule has 2 bridgehead atoms. The van der Waals surface area contributed by atoms with Gasteiger partial charge in [-0.2, -0.15) is 0 Å². The van der Waals surface area contributed by atoms with Crippen LogP contribution in [0.1, 0.15) is 79.1 Å². The van der Waals surface area contributed by atoms with Crippen LogP contribution in [0.2, 0.25) is 0 Å². The summed E-state index contributed by atoms with van der Waals surface area (Å²) in [6.45, 7) is 6.74. The van der Waals surface area contributed by atoms with Crippen LogP contribution in [-0.2, 0) is 28.5 Å². The van der Waals surface area contributed by atoms with Gasteiger partial charge < -0.3 is 80.9 Å². The summed E-state index contributed by atoms with van der Waals surface area (Å²) in [5.74, 6) is -6.83. The molecular formula is C47H73NO17. The molecule has 13 N–H and O–H groups in total. The lowest BCUT2D eigenvalue weighted by molar-refractivity contribution is -0.308. The summed E-state index contributed by atoms with van der Waals surface area (Å²) in [6.07, 6.45) is 3.46. The van der Waals surface area contributed by atoms with Crippen molar-refractivity contribution in [1.82, 2.24) is 0 Å². The van der Waals surface area contributed by atoms with E-state index in [-0.39, 0.29) is 31.6 Å². The Balaban J connectivity index is 1.86. The number of hydrogen-bond acceptors (Lipinski definition) is 17. The SMILES string of the molecule is CC1/C=C/C=C/C=C/C=C/C=C/C=C/C=C/C(OC2OC(C)C(O)C(N)C2O)CC2O[C@@](O)(CC(O)CC(O)C(O)CCC(O)CC(O)CC(=O)OC(C)[C@H](C)C1O)CC(O)C2C(=O)O. The number of carboxylic acid groups (broad SMARTS) is 1. The lowest BCUT2D eigenvalue weighted by atomic mass is 9.82. The van der Waals surface area contributed by atoms with Gasteiger partial charge in [-0.3, -0.25) is 9.59 Å². The molecule has 2 saturated heterocycles. The molecule has 18 heteroatoms. The molecule has 3 rings (SSSR count). The van der Waals surface area contributed by atoms with E-state index in [0.717, 1.165) is 0 Å². The first-order chi connectivity index (χ1) is 30.6. The molecular weight excluding hydrogens is 851 g/mol. The maximum Gasteiger partial charge on any atom is 0.311 e. The quantitative estimate of drug-likeness (QED) is 0.174. The lowest BCUT2D eigenvalue weighted by Crippen LogP contribution is -2.61. The van der Waals surface area contributed by atoms with Crippen LogP contribution in [0.25, 0.3) is 0 Å². The van der Waals surface area contributed by atoms with E-state index in [4.69, 9.17) is 24.7 Å². The Hall–Kier alpha value is -3.44. The Labute approximate surface area is 381 Å². The number of cyclic esters (lactones) is 1. The minimum atomic E-state index is -2.33. The number of carbonyl (C=O) groups is 2. The summed E-state index contributed by atoms with van der Waals surface area (Å²) in [6, 6.07) is -1.15. The minimum absolute atomic E-state index is 0.107. The first kappa shape index (κ1) is 55.9. The first-order valence-corrected chi connectivity index (χ1v) is 22.3. The molecule has 65 heavy (non-hydrogen) atoms. The van der Waals surface area contributed by atoms with Gasteiger partial charge in [-0.05, 0) is 33.1 Å². The maximum atomic E-state index is 12.6. The number of aliphatic hydroxyl groups is 10. The molecule has 0 saturated carbocycles. The van der Waals surface area contributed by atoms with Gasteiger partial charge in [0.25, 0.3) is 0 Å². The highest BCUT2D eigenvalue weighted by atomic mass is 16.7. The highest BCUT2D eigenvalue weighted by Crippen LogP contribution is 2.38. The van der Waals surface area contributed by atoms with Crippen molar-refractivity contribution in [3.63, 3.8) is 0 Å². The van der Waals surface area contributed by atoms with Crippen molar-refractivity contribution in [1.29, 1.82) is 0 Å². The van der Waals surface area contributed by atoms with Crippen LogP contribution in [0.15, 0.2) is 85.1 Å². The van der Waals surface area contributed by atoms with Crippen LogP contribution in [0.4, 0.5) is 0 Å². The summed E-state index contributed by atoms with van der Waals surface area (Å²) < 4.78 is 23.1. The number of nitrogens with two attached hydrogens (primary N) is 1. The molecule has 368 valence electrons. The van der Waals surface area contributed by atoms with Crippen molar-refractivity contribution < 1.29 is 84.7 Å². The number of aliphatic hydroxyl groups excluding tert-OH is 9. The van der Waals surface area contributed by atoms with Crippen LogP contribution in [0.5, 0.6) is 0 Å². The van der Waals surface area contributed by atoms with Gasteiger partial charge in [0.05, 0.1) is 79.6 Å². The number of rotatable bonds is 3. The Bertz CT molecular complexity index is 1670. The summed E-state index contributed by atoms with van der Waals surface area (Å²) in [5, 5.41) is 118. The number of fused-ring (bicyclic) bond motifs is 2. The molecule has 0 aromatic carbocycles. The maximum absolute atomic E-state index is 12.6. The third-order valence-corrected chi connectivity index (χ3v) is 12.0. The topological polar surface area (TPSA) is 320 Å². The monoisotopic (exact) mass is 923 g/mol. The average molecular weight is 924 g/mol. The normalized spacial score (nSPS) is 45.5. The molecule has 0 amide bonds. The molecule has 2 fully saturated rings. The Morgan fingerprint density at radius 3 is 1.82 bits per heavy atom. The highest BCUT2D eigenvalue weighted by Gasteiger charge is 2.51. The first-order valence-electron chi connectivity index (χ1n) is 22.3. The smallest absolute Gasteiger partial charge is 0.311 e. The number of allylic oxidation sites excluding steroid dienone is 12. The second kappa shape index (κ2) is 27.4. The lowest BCUT2D eigenvalue weighted by Gasteiger charge is -2.45. The second-order valence-corrected chi connectivity index (χ2v) is 17.6. The fraction of sp³-hybridized carbons (Fsp3) is 0.660. The van der Waals surface area contributed by atoms with Gasteiger partial charge in [0.15, 0.2) is 12.1 Å². The number of carbonyl (C=O) groups excluding carboxylic acids is 1. The van der Waals surface area contributed by atoms with Crippen molar-refractivity contribution in [2.45, 2.75) is 177 Å². The van der Waals surface area contributed by atoms with E-state index >= 15 is 0 Å². The number of hydrogen-bond donors (Lipinski definition) is 12. The highest BCUT2D eigenvalue weighted by molar-refractivity contribution is 5.71. The Morgan fingerprint density at radius 1 is 0.662 bits per heavy atom. The fourth-order valence-corrected chi connectivity index (χ4v) is 7.97. The van der Waals surface area contributed by atoms with E-state index in [2.05, 4.69) is 0 Å². The molecule has 3 heterocycles. The number of esters is 1. The standard InChI is InChI=1S/C47H73NO17/c1-27-17-15-13-11-9-7-5-6-8-10-12-14-16-18-34(64-46-44(58)41(48)43(57)30(4)63-46)24-38-40(45(59)60)37(54)26-47(61,65-38)25-33(51)22-36(53)35(52)20-19-31(49)21-32(50)23-39(55)62-29(3)28(2)42(27)56/h5-18,27-38,40-44,46,49-54,56-58,61H,19-26,48H2,1-4H3,(H,59,60)/b6-5+,9-7+,10-8+,13-11+,14-12+,17-15+,18-16+/t27?,28-,29?,30?,31?,32?,33?,34?,35?,36?,37?,38?,40?,41?,42?,43?,44?,46?,47-/m0/s1. The summed E-state index contributed by atoms with van der Waals surface area (Å²) in [7, 11) is 0. The third-order valence-electron chi connectivity index (χ3n) is 12.0.